The molecule has 0 aliphatic heterocycles. The smallest absolute Gasteiger partial charge is 0.282 e. The van der Waals surface area contributed by atoms with Crippen LogP contribution in [0.3, 0.4) is 0 Å². The Hall–Kier alpha value is -1.14. The van der Waals surface area contributed by atoms with Crippen molar-refractivity contribution in [2.24, 2.45) is 0 Å². The zero-order valence-electron chi connectivity index (χ0n) is 10.6. The number of carbonyl (C=O) groups is 1. The fourth-order valence-corrected chi connectivity index (χ4v) is 2.12. The molecule has 1 aromatic carbocycles. The molecule has 0 aromatic heterocycles. The Balaban J connectivity index is 3.12. The summed E-state index contributed by atoms with van der Waals surface area (Å²) >= 11 is 9.11. The van der Waals surface area contributed by atoms with Crippen molar-refractivity contribution in [2.45, 2.75) is 25.8 Å². The third-order valence-electron chi connectivity index (χ3n) is 2.89. The first-order valence-electron chi connectivity index (χ1n) is 5.65. The molecule has 0 saturated carbocycles. The van der Waals surface area contributed by atoms with Gasteiger partial charge in [0.05, 0.1) is 4.92 Å². The number of nitrogens with one attached hydrogen (secondary N) is 1. The summed E-state index contributed by atoms with van der Waals surface area (Å²) < 4.78 is 0. The SMILES string of the molecule is CCC(C)(CBr)NC(=O)c1cc(Cl)ccc1[N+](=O)[O-]. The molecule has 1 aromatic rings. The number of benzene rings is 1. The molecular weight excluding hydrogens is 336 g/mol. The number of hydrogen-bond donors (Lipinski definition) is 1. The fourth-order valence-electron chi connectivity index (χ4n) is 1.41. The van der Waals surface area contributed by atoms with Crippen molar-refractivity contribution >= 4 is 39.1 Å². The van der Waals surface area contributed by atoms with Gasteiger partial charge < -0.3 is 5.32 Å². The summed E-state index contributed by atoms with van der Waals surface area (Å²) in [5.74, 6) is -0.502. The number of nitro groups is 1. The second-order valence-electron chi connectivity index (χ2n) is 4.42. The molecule has 0 saturated heterocycles. The second kappa shape index (κ2) is 6.34. The van der Waals surface area contributed by atoms with Gasteiger partial charge in [-0.1, -0.05) is 34.5 Å². The van der Waals surface area contributed by atoms with Gasteiger partial charge in [-0.15, -0.1) is 0 Å². The second-order valence-corrected chi connectivity index (χ2v) is 5.42. The van der Waals surface area contributed by atoms with Crippen molar-refractivity contribution in [3.05, 3.63) is 38.9 Å². The largest absolute Gasteiger partial charge is 0.346 e. The van der Waals surface area contributed by atoms with Crippen LogP contribution in [0.4, 0.5) is 5.69 Å². The van der Waals surface area contributed by atoms with Gasteiger partial charge in [-0.25, -0.2) is 0 Å². The van der Waals surface area contributed by atoms with Gasteiger partial charge in [-0.3, -0.25) is 14.9 Å². The normalized spacial score (nSPS) is 13.7. The number of nitro benzene ring substituents is 1. The molecule has 0 spiro atoms. The Morgan fingerprint density at radius 1 is 1.58 bits per heavy atom. The van der Waals surface area contributed by atoms with E-state index in [0.717, 1.165) is 0 Å². The maximum absolute atomic E-state index is 12.2. The highest BCUT2D eigenvalue weighted by atomic mass is 79.9. The molecule has 0 fully saturated rings. The number of alkyl halides is 1. The third-order valence-corrected chi connectivity index (χ3v) is 4.36. The first-order valence-corrected chi connectivity index (χ1v) is 7.15. The van der Waals surface area contributed by atoms with Gasteiger partial charge in [0.1, 0.15) is 5.56 Å². The van der Waals surface area contributed by atoms with Crippen molar-refractivity contribution in [3.63, 3.8) is 0 Å². The van der Waals surface area contributed by atoms with E-state index in [4.69, 9.17) is 11.6 Å². The lowest BCUT2D eigenvalue weighted by atomic mass is 10.0. The van der Waals surface area contributed by atoms with Gasteiger partial charge in [0, 0.05) is 22.0 Å². The molecule has 5 nitrogen and oxygen atoms in total. The summed E-state index contributed by atoms with van der Waals surface area (Å²) in [6.07, 6.45) is 0.693. The van der Waals surface area contributed by atoms with Gasteiger partial charge in [-0.2, -0.15) is 0 Å². The molecule has 0 bridgehead atoms. The molecule has 0 radical (unpaired) electrons. The van der Waals surface area contributed by atoms with E-state index >= 15 is 0 Å². The summed E-state index contributed by atoms with van der Waals surface area (Å²) in [6, 6.07) is 3.92. The van der Waals surface area contributed by atoms with Crippen LogP contribution in [0.1, 0.15) is 30.6 Å². The Bertz CT molecular complexity index is 504. The molecule has 19 heavy (non-hydrogen) atoms. The van der Waals surface area contributed by atoms with Gasteiger partial charge in [-0.05, 0) is 25.5 Å². The Kier molecular flexibility index (Phi) is 5.31. The standard InChI is InChI=1S/C12H14BrClN2O3/c1-3-12(2,7-13)15-11(17)9-6-8(14)4-5-10(9)16(18)19/h4-6H,3,7H2,1-2H3,(H,15,17). The van der Waals surface area contributed by atoms with E-state index in [2.05, 4.69) is 21.2 Å². The molecule has 1 amide bonds. The first kappa shape index (κ1) is 15.9. The predicted octanol–water partition coefficient (Wildman–Crippen LogP) is 3.54. The van der Waals surface area contributed by atoms with Gasteiger partial charge in [0.2, 0.25) is 0 Å². The van der Waals surface area contributed by atoms with Crippen molar-refractivity contribution in [2.75, 3.05) is 5.33 Å². The average molecular weight is 350 g/mol. The Morgan fingerprint density at radius 2 is 2.21 bits per heavy atom. The Morgan fingerprint density at radius 3 is 2.68 bits per heavy atom. The monoisotopic (exact) mass is 348 g/mol. The lowest BCUT2D eigenvalue weighted by Crippen LogP contribution is -2.47. The molecule has 7 heteroatoms. The molecular formula is C12H14BrClN2O3. The van der Waals surface area contributed by atoms with Crippen LogP contribution in [0.15, 0.2) is 18.2 Å². The van der Waals surface area contributed by atoms with E-state index in [1.54, 1.807) is 0 Å². The third kappa shape index (κ3) is 3.91. The molecule has 104 valence electrons. The van der Waals surface area contributed by atoms with E-state index in [9.17, 15) is 14.9 Å². The van der Waals surface area contributed by atoms with Gasteiger partial charge in [0.25, 0.3) is 11.6 Å². The van der Waals surface area contributed by atoms with E-state index < -0.39 is 16.4 Å². The number of halogens is 2. The van der Waals surface area contributed by atoms with Crippen LogP contribution in [-0.4, -0.2) is 21.7 Å². The predicted molar refractivity (Wildman–Crippen MR) is 78.1 cm³/mol. The van der Waals surface area contributed by atoms with E-state index in [1.165, 1.54) is 18.2 Å². The van der Waals surface area contributed by atoms with Crippen molar-refractivity contribution in [1.29, 1.82) is 0 Å². The zero-order valence-corrected chi connectivity index (χ0v) is 12.9. The molecule has 1 rings (SSSR count). The van der Waals surface area contributed by atoms with Gasteiger partial charge >= 0.3 is 0 Å². The number of amides is 1. The van der Waals surface area contributed by atoms with Crippen LogP contribution in [0.25, 0.3) is 0 Å². The summed E-state index contributed by atoms with van der Waals surface area (Å²) in [5, 5.41) is 14.5. The minimum Gasteiger partial charge on any atom is -0.346 e. The number of carbonyl (C=O) groups excluding carboxylic acids is 1. The summed E-state index contributed by atoms with van der Waals surface area (Å²) in [4.78, 5) is 22.5. The van der Waals surface area contributed by atoms with Crippen LogP contribution in [0.5, 0.6) is 0 Å². The van der Waals surface area contributed by atoms with Crippen molar-refractivity contribution in [1.82, 2.24) is 5.32 Å². The maximum Gasteiger partial charge on any atom is 0.282 e. The van der Waals surface area contributed by atoms with E-state index in [1.807, 2.05) is 13.8 Å². The van der Waals surface area contributed by atoms with Crippen molar-refractivity contribution < 1.29 is 9.72 Å². The zero-order chi connectivity index (χ0) is 14.6. The highest BCUT2D eigenvalue weighted by Gasteiger charge is 2.27. The van der Waals surface area contributed by atoms with Crippen LogP contribution < -0.4 is 5.32 Å². The highest BCUT2D eigenvalue weighted by molar-refractivity contribution is 9.09. The molecule has 1 N–H and O–H groups in total. The first-order chi connectivity index (χ1) is 8.83. The van der Waals surface area contributed by atoms with E-state index in [0.29, 0.717) is 11.8 Å². The molecule has 0 heterocycles. The average Bonchev–Trinajstić information content (AvgIpc) is 2.38. The number of rotatable bonds is 5. The summed E-state index contributed by atoms with van der Waals surface area (Å²) in [7, 11) is 0. The topological polar surface area (TPSA) is 72.2 Å². The minimum absolute atomic E-state index is 0.0295. The van der Waals surface area contributed by atoms with Crippen LogP contribution in [0.2, 0.25) is 5.02 Å². The lowest BCUT2D eigenvalue weighted by molar-refractivity contribution is -0.385. The lowest BCUT2D eigenvalue weighted by Gasteiger charge is -2.27. The maximum atomic E-state index is 12.2. The summed E-state index contributed by atoms with van der Waals surface area (Å²) in [5.41, 5.74) is -0.749. The van der Waals surface area contributed by atoms with Crippen LogP contribution >= 0.6 is 27.5 Å². The Labute approximate surface area is 124 Å². The quantitative estimate of drug-likeness (QED) is 0.502. The molecule has 1 atom stereocenters. The van der Waals surface area contributed by atoms with Gasteiger partial charge in [0.15, 0.2) is 0 Å². The van der Waals surface area contributed by atoms with Crippen molar-refractivity contribution in [3.8, 4) is 0 Å². The van der Waals surface area contributed by atoms with E-state index in [-0.39, 0.29) is 16.3 Å². The molecule has 1 unspecified atom stereocenters. The molecule has 0 aliphatic carbocycles. The van der Waals surface area contributed by atoms with Crippen LogP contribution in [-0.2, 0) is 0 Å². The molecule has 0 aliphatic rings. The highest BCUT2D eigenvalue weighted by Crippen LogP contribution is 2.24. The summed E-state index contributed by atoms with van der Waals surface area (Å²) in [6.45, 7) is 3.78. The fraction of sp³-hybridized carbons (Fsp3) is 0.417. The number of hydrogen-bond acceptors (Lipinski definition) is 3. The minimum atomic E-state index is -0.595. The van der Waals surface area contributed by atoms with Crippen LogP contribution in [0, 0.1) is 10.1 Å². The number of nitrogens with zero attached hydrogens (tertiary/aromatic N) is 1.